The summed E-state index contributed by atoms with van der Waals surface area (Å²) >= 11 is 0. The molecule has 0 spiro atoms. The summed E-state index contributed by atoms with van der Waals surface area (Å²) in [4.78, 5) is 21.1. The van der Waals surface area contributed by atoms with Crippen molar-refractivity contribution in [2.75, 3.05) is 6.61 Å². The molecule has 0 saturated carbocycles. The molecule has 4 heteroatoms. The Balaban J connectivity index is 2.39. The van der Waals surface area contributed by atoms with Gasteiger partial charge in [-0.1, -0.05) is 6.58 Å². The van der Waals surface area contributed by atoms with E-state index in [1.165, 1.54) is 0 Å². The van der Waals surface area contributed by atoms with Gasteiger partial charge in [0, 0.05) is 6.42 Å². The highest BCUT2D eigenvalue weighted by Crippen LogP contribution is 2.15. The summed E-state index contributed by atoms with van der Waals surface area (Å²) in [6, 6.07) is 0. The van der Waals surface area contributed by atoms with Crippen molar-refractivity contribution in [2.24, 2.45) is 0 Å². The molecular formula is C7H8O4. The van der Waals surface area contributed by atoms with E-state index < -0.39 is 11.8 Å². The van der Waals surface area contributed by atoms with E-state index in [2.05, 4.69) is 6.58 Å². The number of hydrogen-bond donors (Lipinski definition) is 1. The number of ether oxygens (including phenoxy) is 1. The first-order valence-corrected chi connectivity index (χ1v) is 3.18. The minimum Gasteiger partial charge on any atom is -0.478 e. The van der Waals surface area contributed by atoms with E-state index >= 15 is 0 Å². The van der Waals surface area contributed by atoms with Crippen LogP contribution in [0.2, 0.25) is 0 Å². The van der Waals surface area contributed by atoms with Crippen molar-refractivity contribution in [3.63, 3.8) is 0 Å². The number of Topliss-reactive ketones (excluding diaryl/α,β-unsaturated/α-hetero) is 1. The van der Waals surface area contributed by atoms with Gasteiger partial charge in [-0.2, -0.15) is 0 Å². The van der Waals surface area contributed by atoms with E-state index in [9.17, 15) is 9.59 Å². The first kappa shape index (κ1) is 7.94. The van der Waals surface area contributed by atoms with E-state index in [-0.39, 0.29) is 18.1 Å². The Morgan fingerprint density at radius 2 is 2.18 bits per heavy atom. The predicted octanol–water partition coefficient (Wildman–Crippen LogP) is -0.0148. The van der Waals surface area contributed by atoms with Crippen LogP contribution in [0.25, 0.3) is 0 Å². The van der Waals surface area contributed by atoms with Gasteiger partial charge in [-0.25, -0.2) is 4.79 Å². The minimum atomic E-state index is -1.25. The molecule has 1 atom stereocenters. The highest BCUT2D eigenvalue weighted by molar-refractivity contribution is 6.16. The van der Waals surface area contributed by atoms with Crippen molar-refractivity contribution in [3.8, 4) is 0 Å². The first-order valence-electron chi connectivity index (χ1n) is 3.18. The van der Waals surface area contributed by atoms with E-state index in [1.807, 2.05) is 0 Å². The molecule has 0 bridgehead atoms. The van der Waals surface area contributed by atoms with Crippen molar-refractivity contribution >= 4 is 11.8 Å². The summed E-state index contributed by atoms with van der Waals surface area (Å²) in [5.41, 5.74) is -0.361. The van der Waals surface area contributed by atoms with Gasteiger partial charge >= 0.3 is 5.97 Å². The van der Waals surface area contributed by atoms with Crippen LogP contribution < -0.4 is 0 Å². The van der Waals surface area contributed by atoms with Crippen LogP contribution in [0.5, 0.6) is 0 Å². The zero-order chi connectivity index (χ0) is 8.43. The van der Waals surface area contributed by atoms with E-state index in [1.54, 1.807) is 0 Å². The highest BCUT2D eigenvalue weighted by atomic mass is 16.6. The van der Waals surface area contributed by atoms with Gasteiger partial charge in [0.2, 0.25) is 0 Å². The molecule has 1 aliphatic rings. The summed E-state index contributed by atoms with van der Waals surface area (Å²) in [7, 11) is 0. The Morgan fingerprint density at radius 3 is 2.55 bits per heavy atom. The lowest BCUT2D eigenvalue weighted by atomic mass is 10.1. The average Bonchev–Trinajstić information content (AvgIpc) is 2.69. The van der Waals surface area contributed by atoms with E-state index in [0.717, 1.165) is 0 Å². The van der Waals surface area contributed by atoms with Crippen LogP contribution in [-0.4, -0.2) is 29.6 Å². The van der Waals surface area contributed by atoms with Gasteiger partial charge in [0.05, 0.1) is 18.3 Å². The molecule has 0 radical (unpaired) electrons. The fraction of sp³-hybridized carbons (Fsp3) is 0.429. The average molecular weight is 156 g/mol. The molecule has 1 heterocycles. The predicted molar refractivity (Wildman–Crippen MR) is 36.1 cm³/mol. The molecule has 0 aromatic rings. The fourth-order valence-electron chi connectivity index (χ4n) is 0.635. The summed E-state index contributed by atoms with van der Waals surface area (Å²) in [6.07, 6.45) is 0.0732. The standard InChI is InChI=1S/C7H8O4/c1-4(7(9)10)6(8)2-5-3-11-5/h5H,1-3H2,(H,9,10). The molecule has 60 valence electrons. The second-order valence-corrected chi connectivity index (χ2v) is 2.37. The lowest BCUT2D eigenvalue weighted by Gasteiger charge is -1.94. The normalized spacial score (nSPS) is 20.9. The van der Waals surface area contributed by atoms with Crippen molar-refractivity contribution in [3.05, 3.63) is 12.2 Å². The largest absolute Gasteiger partial charge is 0.478 e. The lowest BCUT2D eigenvalue weighted by Crippen LogP contribution is -2.12. The Morgan fingerprint density at radius 1 is 1.64 bits per heavy atom. The van der Waals surface area contributed by atoms with Gasteiger partial charge in [0.15, 0.2) is 5.78 Å². The third-order valence-corrected chi connectivity index (χ3v) is 1.41. The second-order valence-electron chi connectivity index (χ2n) is 2.37. The molecule has 0 aliphatic carbocycles. The topological polar surface area (TPSA) is 66.9 Å². The first-order chi connectivity index (χ1) is 5.11. The molecule has 0 aromatic carbocycles. The van der Waals surface area contributed by atoms with Crippen LogP contribution in [0.4, 0.5) is 0 Å². The van der Waals surface area contributed by atoms with E-state index in [0.29, 0.717) is 6.61 Å². The number of carboxylic acids is 1. The Hall–Kier alpha value is -1.16. The zero-order valence-corrected chi connectivity index (χ0v) is 5.87. The second kappa shape index (κ2) is 2.84. The number of carboxylic acid groups (broad SMARTS) is 1. The maximum atomic E-state index is 10.9. The molecule has 1 N–H and O–H groups in total. The third kappa shape index (κ3) is 2.16. The molecule has 0 amide bonds. The van der Waals surface area contributed by atoms with Gasteiger partial charge in [-0.05, 0) is 0 Å². The maximum absolute atomic E-state index is 10.9. The minimum absolute atomic E-state index is 0.0707. The molecule has 4 nitrogen and oxygen atoms in total. The molecule has 11 heavy (non-hydrogen) atoms. The van der Waals surface area contributed by atoms with Crippen LogP contribution >= 0.6 is 0 Å². The monoisotopic (exact) mass is 156 g/mol. The van der Waals surface area contributed by atoms with Gasteiger partial charge in [0.25, 0.3) is 0 Å². The third-order valence-electron chi connectivity index (χ3n) is 1.41. The Kier molecular flexibility index (Phi) is 2.05. The summed E-state index contributed by atoms with van der Waals surface area (Å²) < 4.78 is 4.75. The molecule has 1 fully saturated rings. The van der Waals surface area contributed by atoms with Crippen molar-refractivity contribution in [1.29, 1.82) is 0 Å². The van der Waals surface area contributed by atoms with E-state index in [4.69, 9.17) is 9.84 Å². The molecule has 0 aromatic heterocycles. The van der Waals surface area contributed by atoms with Gasteiger partial charge in [-0.3, -0.25) is 4.79 Å². The molecule has 1 rings (SSSR count). The fourth-order valence-corrected chi connectivity index (χ4v) is 0.635. The van der Waals surface area contributed by atoms with Crippen molar-refractivity contribution in [2.45, 2.75) is 12.5 Å². The number of carbonyl (C=O) groups is 2. The Bertz CT molecular complexity index is 214. The maximum Gasteiger partial charge on any atom is 0.338 e. The van der Waals surface area contributed by atoms with Crippen LogP contribution in [0.1, 0.15) is 6.42 Å². The molecule has 1 saturated heterocycles. The molecular weight excluding hydrogens is 148 g/mol. The molecule has 1 unspecified atom stereocenters. The summed E-state index contributed by atoms with van der Waals surface area (Å²) in [5, 5.41) is 8.32. The number of rotatable bonds is 4. The van der Waals surface area contributed by atoms with Gasteiger partial charge < -0.3 is 9.84 Å². The smallest absolute Gasteiger partial charge is 0.338 e. The van der Waals surface area contributed by atoms with Crippen molar-refractivity contribution in [1.82, 2.24) is 0 Å². The number of ketones is 1. The summed E-state index contributed by atoms with van der Waals surface area (Å²) in [6.45, 7) is 3.68. The van der Waals surface area contributed by atoms with Crippen LogP contribution in [-0.2, 0) is 14.3 Å². The van der Waals surface area contributed by atoms with Crippen LogP contribution in [0.3, 0.4) is 0 Å². The van der Waals surface area contributed by atoms with Gasteiger partial charge in [0.1, 0.15) is 0 Å². The number of carbonyl (C=O) groups excluding carboxylic acids is 1. The highest BCUT2D eigenvalue weighted by Gasteiger charge is 2.28. The van der Waals surface area contributed by atoms with Gasteiger partial charge in [-0.15, -0.1) is 0 Å². The number of hydrogen-bond acceptors (Lipinski definition) is 3. The van der Waals surface area contributed by atoms with Crippen LogP contribution in [0.15, 0.2) is 12.2 Å². The zero-order valence-electron chi connectivity index (χ0n) is 5.87. The number of aliphatic carboxylic acids is 1. The Labute approximate surface area is 63.5 Å². The SMILES string of the molecule is C=C(C(=O)O)C(=O)CC1CO1. The summed E-state index contributed by atoms with van der Waals surface area (Å²) in [5.74, 6) is -1.70. The lowest BCUT2D eigenvalue weighted by molar-refractivity contribution is -0.134. The molecule has 1 aliphatic heterocycles. The quantitative estimate of drug-likeness (QED) is 0.269. The number of epoxide rings is 1. The van der Waals surface area contributed by atoms with Crippen molar-refractivity contribution < 1.29 is 19.4 Å². The van der Waals surface area contributed by atoms with Crippen LogP contribution in [0, 0.1) is 0 Å².